The van der Waals surface area contributed by atoms with Gasteiger partial charge in [-0.15, -0.1) is 24.5 Å². The molecular formula is C20H32MoO3P2S5. The van der Waals surface area contributed by atoms with Crippen molar-refractivity contribution in [2.45, 2.75) is 52.4 Å². The molecule has 11 heteroatoms. The summed E-state index contributed by atoms with van der Waals surface area (Å²) in [4.78, 5) is 19.1. The zero-order chi connectivity index (χ0) is 24.0. The van der Waals surface area contributed by atoms with E-state index >= 15 is 0 Å². The van der Waals surface area contributed by atoms with Crippen molar-refractivity contribution < 1.29 is 33.0 Å². The van der Waals surface area contributed by atoms with Gasteiger partial charge in [0.1, 0.15) is 10.9 Å². The molecule has 0 aliphatic heterocycles. The van der Waals surface area contributed by atoms with E-state index in [4.69, 9.17) is 27.0 Å². The summed E-state index contributed by atoms with van der Waals surface area (Å²) >= 11 is 18.6. The average Bonchev–Trinajstić information content (AvgIpc) is 2.61. The van der Waals surface area contributed by atoms with Gasteiger partial charge in [-0.3, -0.25) is 0 Å². The average molecular weight is 639 g/mol. The molecule has 0 bridgehead atoms. The predicted molar refractivity (Wildman–Crippen MR) is 152 cm³/mol. The summed E-state index contributed by atoms with van der Waals surface area (Å²) in [7, 11) is 0. The zero-order valence-corrected chi connectivity index (χ0v) is 26.7. The quantitative estimate of drug-likeness (QED) is 0.194. The molecule has 2 rings (SSSR count). The molecule has 0 saturated heterocycles. The van der Waals surface area contributed by atoms with Gasteiger partial charge < -0.3 is 9.79 Å². The van der Waals surface area contributed by atoms with Crippen molar-refractivity contribution in [3.63, 3.8) is 0 Å². The molecule has 0 heterocycles. The molecule has 0 amide bonds. The summed E-state index contributed by atoms with van der Waals surface area (Å²) < 4.78 is 8.26. The van der Waals surface area contributed by atoms with Gasteiger partial charge in [0.05, 0.1) is 0 Å². The van der Waals surface area contributed by atoms with E-state index in [2.05, 4.69) is 66.0 Å². The van der Waals surface area contributed by atoms with E-state index in [1.807, 2.05) is 48.5 Å². The van der Waals surface area contributed by atoms with Gasteiger partial charge in [0.25, 0.3) is 0 Å². The van der Waals surface area contributed by atoms with E-state index < -0.39 is 10.9 Å². The molecule has 0 fully saturated rings. The van der Waals surface area contributed by atoms with Crippen LogP contribution in [-0.2, 0) is 57.6 Å². The van der Waals surface area contributed by atoms with Crippen molar-refractivity contribution in [1.82, 2.24) is 0 Å². The molecule has 2 unspecified atom stereocenters. The van der Waals surface area contributed by atoms with E-state index in [1.165, 1.54) is 11.1 Å². The van der Waals surface area contributed by atoms with Crippen LogP contribution in [0.5, 0.6) is 0 Å². The fraction of sp³-hybridized carbons (Fsp3) is 0.400. The normalized spacial score (nSPS) is 14.9. The molecule has 0 aliphatic rings. The van der Waals surface area contributed by atoms with Crippen LogP contribution in [0.3, 0.4) is 0 Å². The van der Waals surface area contributed by atoms with Gasteiger partial charge in [-0.2, -0.15) is 13.5 Å². The Balaban J connectivity index is 0. The van der Waals surface area contributed by atoms with Crippen molar-refractivity contribution in [2.24, 2.45) is 0 Å². The standard InChI is InChI=1S/2C10H15OPS2.Mo.O.H2S/c2*1-10(2,3)8-4-6-9(7-5-8)12(11,13)14;;;/h2*4-7H,1-3H3,(H2,11,13,14);;;1H2. The maximum absolute atomic E-state index is 9.57. The van der Waals surface area contributed by atoms with Gasteiger partial charge in [0.15, 0.2) is 0 Å². The van der Waals surface area contributed by atoms with Crippen LogP contribution in [0.1, 0.15) is 52.7 Å². The van der Waals surface area contributed by atoms with E-state index in [-0.39, 0.29) is 24.3 Å². The van der Waals surface area contributed by atoms with Crippen LogP contribution >= 0.6 is 48.9 Å². The minimum atomic E-state index is -2.56. The molecule has 0 radical (unpaired) electrons. The third kappa shape index (κ3) is 13.0. The van der Waals surface area contributed by atoms with Crippen LogP contribution < -0.4 is 10.6 Å². The van der Waals surface area contributed by atoms with E-state index in [1.54, 1.807) is 0 Å². The van der Waals surface area contributed by atoms with E-state index in [0.717, 1.165) is 10.6 Å². The summed E-state index contributed by atoms with van der Waals surface area (Å²) in [6.07, 6.45) is 0. The molecule has 176 valence electrons. The second kappa shape index (κ2) is 13.9. The van der Waals surface area contributed by atoms with Gasteiger partial charge in [0, 0.05) is 10.6 Å². The fourth-order valence-corrected chi connectivity index (χ4v) is 4.92. The number of hydrogen-bond acceptors (Lipinski definition) is 3. The van der Waals surface area contributed by atoms with Crippen molar-refractivity contribution in [2.75, 3.05) is 0 Å². The Bertz CT molecular complexity index is 821. The summed E-state index contributed by atoms with van der Waals surface area (Å²) in [5.74, 6) is 0. The van der Waals surface area contributed by atoms with Crippen LogP contribution in [0, 0.1) is 0 Å². The number of rotatable bonds is 2. The van der Waals surface area contributed by atoms with Gasteiger partial charge >= 0.3 is 23.2 Å². The topological polar surface area (TPSA) is 57.5 Å². The van der Waals surface area contributed by atoms with E-state index in [0.29, 0.717) is 19.8 Å². The monoisotopic (exact) mass is 640 g/mol. The van der Waals surface area contributed by atoms with Crippen LogP contribution in [0.25, 0.3) is 0 Å². The number of hydrogen-bond donors (Lipinski definition) is 4. The Labute approximate surface area is 226 Å². The molecular weight excluding hydrogens is 606 g/mol. The number of thiol groups is 2. The second-order valence-electron chi connectivity index (χ2n) is 8.68. The molecule has 0 spiro atoms. The minimum absolute atomic E-state index is 0. The van der Waals surface area contributed by atoms with Crippen LogP contribution in [-0.4, -0.2) is 9.79 Å². The summed E-state index contributed by atoms with van der Waals surface area (Å²) in [5, 5.41) is 1.51. The molecule has 0 aliphatic carbocycles. The summed E-state index contributed by atoms with van der Waals surface area (Å²) in [5.41, 5.74) is -2.39. The predicted octanol–water partition coefficient (Wildman–Crippen LogP) is 5.67. The van der Waals surface area contributed by atoms with Crippen LogP contribution in [0.2, 0.25) is 0 Å². The Hall–Kier alpha value is 1.20. The van der Waals surface area contributed by atoms with E-state index in [9.17, 15) is 9.79 Å². The Morgan fingerprint density at radius 2 is 0.871 bits per heavy atom. The first-order chi connectivity index (χ1) is 13.4. The maximum atomic E-state index is 9.57. The molecule has 0 aromatic heterocycles. The molecule has 2 atom stereocenters. The Morgan fingerprint density at radius 1 is 0.677 bits per heavy atom. The first-order valence-electron chi connectivity index (χ1n) is 8.92. The SMILES string of the molecule is CC(C)(C)c1ccc(P(O)(=S)S)cc1.CC(C)(C)c1ccc(P(O)(=S)S)cc1.S.[O]=[Mo]. The van der Waals surface area contributed by atoms with Crippen molar-refractivity contribution in [1.29, 1.82) is 0 Å². The molecule has 31 heavy (non-hydrogen) atoms. The summed E-state index contributed by atoms with van der Waals surface area (Å²) in [6, 6.07) is 15.5. The third-order valence-electron chi connectivity index (χ3n) is 4.14. The molecule has 2 aromatic carbocycles. The second-order valence-corrected chi connectivity index (χ2v) is 20.2. The van der Waals surface area contributed by atoms with Crippen molar-refractivity contribution in [3.8, 4) is 0 Å². The first kappa shape index (κ1) is 34.4. The van der Waals surface area contributed by atoms with Crippen LogP contribution in [0.15, 0.2) is 48.5 Å². The fourth-order valence-electron chi connectivity index (χ4n) is 2.31. The molecule has 2 N–H and O–H groups in total. The first-order valence-corrected chi connectivity index (χ1v) is 17.6. The molecule has 3 nitrogen and oxygen atoms in total. The third-order valence-corrected chi connectivity index (χ3v) is 8.73. The van der Waals surface area contributed by atoms with Gasteiger partial charge in [0.2, 0.25) is 0 Å². The van der Waals surface area contributed by atoms with Gasteiger partial charge in [-0.1, -0.05) is 114 Å². The summed E-state index contributed by atoms with van der Waals surface area (Å²) in [6.45, 7) is 12.9. The Kier molecular flexibility index (Phi) is 15.4. The molecule has 2 aromatic rings. The van der Waals surface area contributed by atoms with Gasteiger partial charge in [-0.05, 0) is 22.0 Å². The zero-order valence-electron chi connectivity index (χ0n) is 18.4. The molecule has 0 saturated carbocycles. The van der Waals surface area contributed by atoms with Crippen LogP contribution in [0.4, 0.5) is 0 Å². The van der Waals surface area contributed by atoms with Gasteiger partial charge in [-0.25, -0.2) is 0 Å². The van der Waals surface area contributed by atoms with Crippen molar-refractivity contribution in [3.05, 3.63) is 59.7 Å². The Morgan fingerprint density at radius 3 is 1.00 bits per heavy atom. The number of benzene rings is 2. The van der Waals surface area contributed by atoms with Crippen molar-refractivity contribution >= 4 is 83.1 Å².